The Kier molecular flexibility index (Phi) is 6.23. The molecule has 0 bridgehead atoms. The van der Waals surface area contributed by atoms with E-state index in [1.807, 2.05) is 0 Å². The van der Waals surface area contributed by atoms with Crippen LogP contribution in [0.5, 0.6) is 0 Å². The van der Waals surface area contributed by atoms with Gasteiger partial charge >= 0.3 is 0 Å². The molecule has 4 aromatic rings. The lowest BCUT2D eigenvalue weighted by atomic mass is 9.91. The zero-order chi connectivity index (χ0) is 21.8. The maximum Gasteiger partial charge on any atom is 0.0387 e. The van der Waals surface area contributed by atoms with Gasteiger partial charge in [-0.2, -0.15) is 0 Å². The van der Waals surface area contributed by atoms with E-state index in [1.165, 1.54) is 33.4 Å². The molecule has 0 fully saturated rings. The van der Waals surface area contributed by atoms with E-state index in [1.54, 1.807) is 0 Å². The van der Waals surface area contributed by atoms with E-state index < -0.39 is 0 Å². The highest BCUT2D eigenvalue weighted by atomic mass is 14.9. The number of hydrogen-bond acceptors (Lipinski definition) is 1. The molecule has 1 nitrogen and oxygen atoms in total. The summed E-state index contributed by atoms with van der Waals surface area (Å²) >= 11 is 0. The van der Waals surface area contributed by atoms with Gasteiger partial charge in [-0.1, -0.05) is 100 Å². The summed E-state index contributed by atoms with van der Waals surface area (Å²) in [4.78, 5) is 0. The first-order valence-corrected chi connectivity index (χ1v) is 11.2. The fraction of sp³-hybridized carbons (Fsp3) is 0.200. The summed E-state index contributed by atoms with van der Waals surface area (Å²) in [5.74, 6) is 0.896. The van der Waals surface area contributed by atoms with E-state index in [-0.39, 0.29) is 0 Å². The highest BCUT2D eigenvalue weighted by Gasteiger charge is 2.12. The summed E-state index contributed by atoms with van der Waals surface area (Å²) in [6, 6.07) is 34.8. The Hall–Kier alpha value is -3.32. The van der Waals surface area contributed by atoms with Crippen LogP contribution in [-0.4, -0.2) is 0 Å². The molecule has 0 radical (unpaired) electrons. The Morgan fingerprint density at radius 3 is 1.23 bits per heavy atom. The van der Waals surface area contributed by atoms with Crippen molar-refractivity contribution in [2.45, 2.75) is 39.5 Å². The van der Waals surface area contributed by atoms with Crippen molar-refractivity contribution in [3.8, 4) is 22.3 Å². The molecule has 1 heteroatoms. The second kappa shape index (κ2) is 9.22. The second-order valence-electron chi connectivity index (χ2n) is 8.77. The average molecular weight is 406 g/mol. The first-order valence-electron chi connectivity index (χ1n) is 11.2. The van der Waals surface area contributed by atoms with Crippen molar-refractivity contribution in [2.75, 3.05) is 5.32 Å². The third-order valence-electron chi connectivity index (χ3n) is 5.81. The predicted octanol–water partition coefficient (Wildman–Crippen LogP) is 9.01. The van der Waals surface area contributed by atoms with E-state index in [0.29, 0.717) is 11.8 Å². The van der Waals surface area contributed by atoms with Crippen molar-refractivity contribution < 1.29 is 0 Å². The normalized spacial score (nSPS) is 11.2. The minimum Gasteiger partial charge on any atom is -0.356 e. The Morgan fingerprint density at radius 1 is 0.484 bits per heavy atom. The molecule has 0 aliphatic heterocycles. The van der Waals surface area contributed by atoms with Crippen LogP contribution >= 0.6 is 0 Å². The van der Waals surface area contributed by atoms with Gasteiger partial charge in [-0.05, 0) is 69.5 Å². The number of anilines is 2. The van der Waals surface area contributed by atoms with Crippen molar-refractivity contribution in [1.82, 2.24) is 0 Å². The fourth-order valence-corrected chi connectivity index (χ4v) is 4.16. The SMILES string of the molecule is CC(C)c1cc(Nc2ccc(-c3ccccc3)c(C(C)C)c2)ccc1-c1ccccc1. The van der Waals surface area contributed by atoms with Gasteiger partial charge in [-0.25, -0.2) is 0 Å². The molecule has 4 rings (SSSR count). The highest BCUT2D eigenvalue weighted by molar-refractivity contribution is 5.75. The highest BCUT2D eigenvalue weighted by Crippen LogP contribution is 2.35. The van der Waals surface area contributed by atoms with Gasteiger partial charge in [0.15, 0.2) is 0 Å². The van der Waals surface area contributed by atoms with Crippen LogP contribution in [0.15, 0.2) is 97.1 Å². The van der Waals surface area contributed by atoms with E-state index >= 15 is 0 Å². The van der Waals surface area contributed by atoms with Gasteiger partial charge in [0.05, 0.1) is 0 Å². The third kappa shape index (κ3) is 4.72. The Labute approximate surface area is 186 Å². The first-order chi connectivity index (χ1) is 15.0. The van der Waals surface area contributed by atoms with Crippen LogP contribution in [0.1, 0.15) is 50.7 Å². The summed E-state index contributed by atoms with van der Waals surface area (Å²) in [6.45, 7) is 9.04. The minimum absolute atomic E-state index is 0.448. The molecule has 0 saturated carbocycles. The lowest BCUT2D eigenvalue weighted by molar-refractivity contribution is 0.868. The zero-order valence-corrected chi connectivity index (χ0v) is 18.9. The van der Waals surface area contributed by atoms with Crippen LogP contribution < -0.4 is 5.32 Å². The van der Waals surface area contributed by atoms with Crippen molar-refractivity contribution in [2.24, 2.45) is 0 Å². The van der Waals surface area contributed by atoms with E-state index in [9.17, 15) is 0 Å². The molecule has 0 aliphatic rings. The van der Waals surface area contributed by atoms with Crippen LogP contribution in [-0.2, 0) is 0 Å². The summed E-state index contributed by atoms with van der Waals surface area (Å²) < 4.78 is 0. The lowest BCUT2D eigenvalue weighted by Gasteiger charge is -2.18. The quantitative estimate of drug-likeness (QED) is 0.337. The van der Waals surface area contributed by atoms with Crippen molar-refractivity contribution in [1.29, 1.82) is 0 Å². The standard InChI is InChI=1S/C30H31N/c1-21(2)29-19-25(15-17-27(29)23-11-7-5-8-12-23)31-26-16-18-28(30(20-26)22(3)4)24-13-9-6-10-14-24/h5-22,31H,1-4H3. The van der Waals surface area contributed by atoms with Crippen LogP contribution in [0.2, 0.25) is 0 Å². The van der Waals surface area contributed by atoms with Gasteiger partial charge in [0.25, 0.3) is 0 Å². The minimum atomic E-state index is 0.448. The van der Waals surface area contributed by atoms with E-state index in [0.717, 1.165) is 11.4 Å². The molecule has 1 N–H and O–H groups in total. The van der Waals surface area contributed by atoms with Gasteiger partial charge in [0, 0.05) is 11.4 Å². The molecule has 0 saturated heterocycles. The molecular weight excluding hydrogens is 374 g/mol. The number of nitrogens with one attached hydrogen (secondary N) is 1. The van der Waals surface area contributed by atoms with E-state index in [2.05, 4.69) is 130 Å². The fourth-order valence-electron chi connectivity index (χ4n) is 4.16. The maximum absolute atomic E-state index is 3.65. The van der Waals surface area contributed by atoms with Crippen molar-refractivity contribution in [3.63, 3.8) is 0 Å². The van der Waals surface area contributed by atoms with Crippen LogP contribution in [0.25, 0.3) is 22.3 Å². The Balaban J connectivity index is 1.68. The van der Waals surface area contributed by atoms with Gasteiger partial charge in [0.2, 0.25) is 0 Å². The average Bonchev–Trinajstić information content (AvgIpc) is 2.80. The molecule has 0 atom stereocenters. The molecule has 156 valence electrons. The molecule has 0 aromatic heterocycles. The third-order valence-corrected chi connectivity index (χ3v) is 5.81. The lowest BCUT2D eigenvalue weighted by Crippen LogP contribution is -1.99. The molecule has 0 heterocycles. The van der Waals surface area contributed by atoms with Crippen LogP contribution in [0, 0.1) is 0 Å². The smallest absolute Gasteiger partial charge is 0.0387 e. The number of rotatable bonds is 6. The first kappa shape index (κ1) is 20.9. The summed E-state index contributed by atoms with van der Waals surface area (Å²) in [5.41, 5.74) is 10.1. The molecule has 0 amide bonds. The number of hydrogen-bond donors (Lipinski definition) is 1. The summed E-state index contributed by atoms with van der Waals surface area (Å²) in [7, 11) is 0. The van der Waals surface area contributed by atoms with Crippen LogP contribution in [0.3, 0.4) is 0 Å². The van der Waals surface area contributed by atoms with Gasteiger partial charge in [-0.3, -0.25) is 0 Å². The van der Waals surface area contributed by atoms with Crippen molar-refractivity contribution >= 4 is 11.4 Å². The molecule has 4 aromatic carbocycles. The Bertz CT molecular complexity index is 1050. The van der Waals surface area contributed by atoms with Crippen molar-refractivity contribution in [3.05, 3.63) is 108 Å². The van der Waals surface area contributed by atoms with Crippen LogP contribution in [0.4, 0.5) is 11.4 Å². The predicted molar refractivity (Wildman–Crippen MR) is 135 cm³/mol. The second-order valence-corrected chi connectivity index (χ2v) is 8.77. The van der Waals surface area contributed by atoms with Gasteiger partial charge in [-0.15, -0.1) is 0 Å². The molecule has 31 heavy (non-hydrogen) atoms. The monoisotopic (exact) mass is 405 g/mol. The molecule has 0 spiro atoms. The molecule has 0 aliphatic carbocycles. The topological polar surface area (TPSA) is 12.0 Å². The largest absolute Gasteiger partial charge is 0.356 e. The maximum atomic E-state index is 3.65. The molecular formula is C30H31N. The van der Waals surface area contributed by atoms with Gasteiger partial charge in [0.1, 0.15) is 0 Å². The number of benzene rings is 4. The zero-order valence-electron chi connectivity index (χ0n) is 18.9. The van der Waals surface area contributed by atoms with E-state index in [4.69, 9.17) is 0 Å². The van der Waals surface area contributed by atoms with Gasteiger partial charge < -0.3 is 5.32 Å². The Morgan fingerprint density at radius 2 is 0.871 bits per heavy atom. The summed E-state index contributed by atoms with van der Waals surface area (Å²) in [6.07, 6.45) is 0. The summed E-state index contributed by atoms with van der Waals surface area (Å²) in [5, 5.41) is 3.65. The molecule has 0 unspecified atom stereocenters.